The number of anilines is 1. The van der Waals surface area contributed by atoms with Crippen molar-refractivity contribution in [2.45, 2.75) is 24.5 Å². The quantitative estimate of drug-likeness (QED) is 0.738. The number of piperazine rings is 1. The number of nitrogens with one attached hydrogen (secondary N) is 2. The minimum absolute atomic E-state index is 0.0216. The molecule has 7 nitrogen and oxygen atoms in total. The minimum atomic E-state index is -1.14. The summed E-state index contributed by atoms with van der Waals surface area (Å²) in [5.41, 5.74) is 9.33. The Hall–Kier alpha value is -2.90. The van der Waals surface area contributed by atoms with Crippen LogP contribution in [-0.2, 0) is 4.79 Å². The van der Waals surface area contributed by atoms with Gasteiger partial charge in [0.1, 0.15) is 5.60 Å². The van der Waals surface area contributed by atoms with E-state index in [0.717, 1.165) is 11.3 Å². The van der Waals surface area contributed by atoms with E-state index < -0.39 is 5.60 Å². The second-order valence-corrected chi connectivity index (χ2v) is 8.03. The molecule has 29 heavy (non-hydrogen) atoms. The van der Waals surface area contributed by atoms with E-state index in [1.807, 2.05) is 42.5 Å². The summed E-state index contributed by atoms with van der Waals surface area (Å²) in [5.74, 6) is -0.210. The fraction of sp³-hybridized carbons (Fsp3) is 0.364. The van der Waals surface area contributed by atoms with Gasteiger partial charge < -0.3 is 20.3 Å². The van der Waals surface area contributed by atoms with Gasteiger partial charge in [0.05, 0.1) is 11.7 Å². The highest BCUT2D eigenvalue weighted by Gasteiger charge is 2.50. The molecule has 2 aromatic carbocycles. The van der Waals surface area contributed by atoms with Crippen LogP contribution in [0.25, 0.3) is 0 Å². The van der Waals surface area contributed by atoms with E-state index >= 15 is 0 Å². The first-order chi connectivity index (χ1) is 14.0. The maximum absolute atomic E-state index is 12.9. The van der Waals surface area contributed by atoms with Crippen LogP contribution < -0.4 is 10.9 Å². The normalized spacial score (nSPS) is 22.0. The van der Waals surface area contributed by atoms with Crippen molar-refractivity contribution < 1.29 is 14.7 Å². The van der Waals surface area contributed by atoms with Gasteiger partial charge >= 0.3 is 0 Å². The van der Waals surface area contributed by atoms with Crippen LogP contribution in [0.2, 0.25) is 0 Å². The van der Waals surface area contributed by atoms with E-state index in [9.17, 15) is 14.7 Å². The van der Waals surface area contributed by atoms with E-state index in [1.54, 1.807) is 9.80 Å². The summed E-state index contributed by atoms with van der Waals surface area (Å²) in [7, 11) is 0. The van der Waals surface area contributed by atoms with Gasteiger partial charge in [-0.3, -0.25) is 9.59 Å². The predicted octanol–water partition coefficient (Wildman–Crippen LogP) is 1.52. The van der Waals surface area contributed by atoms with Crippen molar-refractivity contribution in [3.05, 3.63) is 65.2 Å². The van der Waals surface area contributed by atoms with Crippen LogP contribution in [0.4, 0.5) is 5.69 Å². The molecule has 3 N–H and O–H groups in total. The molecule has 1 unspecified atom stereocenters. The highest BCUT2D eigenvalue weighted by molar-refractivity contribution is 5.94. The Bertz CT molecular complexity index is 947. The van der Waals surface area contributed by atoms with Crippen LogP contribution in [-0.4, -0.2) is 58.5 Å². The predicted molar refractivity (Wildman–Crippen MR) is 108 cm³/mol. The number of hydrogen-bond acceptors (Lipinski definition) is 5. The van der Waals surface area contributed by atoms with Crippen LogP contribution in [0.1, 0.15) is 40.4 Å². The molecule has 2 aliphatic heterocycles. The monoisotopic (exact) mass is 392 g/mol. The van der Waals surface area contributed by atoms with Crippen LogP contribution in [0.3, 0.4) is 0 Å². The molecule has 0 spiro atoms. The number of hydrazine groups is 1. The fourth-order valence-corrected chi connectivity index (χ4v) is 4.09. The topological polar surface area (TPSA) is 84.9 Å². The number of amides is 2. The minimum Gasteiger partial charge on any atom is -0.380 e. The van der Waals surface area contributed by atoms with Gasteiger partial charge in [0.2, 0.25) is 0 Å². The Labute approximate surface area is 169 Å². The Morgan fingerprint density at radius 3 is 2.28 bits per heavy atom. The van der Waals surface area contributed by atoms with E-state index in [4.69, 9.17) is 0 Å². The zero-order chi connectivity index (χ0) is 20.0. The molecule has 3 aliphatic rings. The summed E-state index contributed by atoms with van der Waals surface area (Å²) in [6.45, 7) is 1.92. The largest absolute Gasteiger partial charge is 0.380 e. The number of carbonyl (C=O) groups excluding carboxylic acids is 2. The highest BCUT2D eigenvalue weighted by atomic mass is 16.3. The molecular formula is C22H24N4O3. The number of para-hydroxylation sites is 1. The van der Waals surface area contributed by atoms with Crippen molar-refractivity contribution in [1.82, 2.24) is 15.2 Å². The van der Waals surface area contributed by atoms with Crippen molar-refractivity contribution in [3.63, 3.8) is 0 Å². The second kappa shape index (κ2) is 6.86. The van der Waals surface area contributed by atoms with Crippen LogP contribution in [0, 0.1) is 0 Å². The molecule has 1 aliphatic carbocycles. The summed E-state index contributed by atoms with van der Waals surface area (Å²) in [4.78, 5) is 28.6. The molecule has 0 bridgehead atoms. The molecule has 2 fully saturated rings. The van der Waals surface area contributed by atoms with Gasteiger partial charge in [0, 0.05) is 31.7 Å². The molecule has 5 rings (SSSR count). The van der Waals surface area contributed by atoms with Gasteiger partial charge in [-0.15, -0.1) is 0 Å². The van der Waals surface area contributed by atoms with Crippen molar-refractivity contribution in [2.75, 3.05) is 31.6 Å². The highest BCUT2D eigenvalue weighted by Crippen LogP contribution is 2.37. The number of aliphatic hydroxyl groups is 1. The number of rotatable bonds is 3. The van der Waals surface area contributed by atoms with Crippen LogP contribution in [0.15, 0.2) is 48.5 Å². The zero-order valence-electron chi connectivity index (χ0n) is 16.1. The summed E-state index contributed by atoms with van der Waals surface area (Å²) in [6.07, 6.45) is 1.10. The van der Waals surface area contributed by atoms with Gasteiger partial charge in [-0.2, -0.15) is 0 Å². The first-order valence-electron chi connectivity index (χ1n) is 10.1. The van der Waals surface area contributed by atoms with Gasteiger partial charge in [-0.05, 0) is 42.2 Å². The lowest BCUT2D eigenvalue weighted by atomic mass is 9.98. The molecule has 1 saturated heterocycles. The lowest BCUT2D eigenvalue weighted by molar-refractivity contribution is -0.143. The third kappa shape index (κ3) is 3.26. The van der Waals surface area contributed by atoms with Crippen LogP contribution >= 0.6 is 0 Å². The molecule has 7 heteroatoms. The lowest BCUT2D eigenvalue weighted by Crippen LogP contribution is -2.53. The fourth-order valence-electron chi connectivity index (χ4n) is 4.09. The Morgan fingerprint density at radius 1 is 0.931 bits per heavy atom. The molecule has 2 amide bonds. The summed E-state index contributed by atoms with van der Waals surface area (Å²) < 4.78 is 0. The molecule has 0 radical (unpaired) electrons. The molecule has 150 valence electrons. The first-order valence-corrected chi connectivity index (χ1v) is 10.1. The summed E-state index contributed by atoms with van der Waals surface area (Å²) in [5, 5.41) is 10.00. The van der Waals surface area contributed by atoms with Gasteiger partial charge in [0.15, 0.2) is 0 Å². The van der Waals surface area contributed by atoms with Gasteiger partial charge in [-0.1, -0.05) is 30.3 Å². The molecule has 0 aromatic heterocycles. The smallest absolute Gasteiger partial charge is 0.254 e. The van der Waals surface area contributed by atoms with Gasteiger partial charge in [0.25, 0.3) is 11.8 Å². The van der Waals surface area contributed by atoms with E-state index in [-0.39, 0.29) is 17.9 Å². The zero-order valence-corrected chi connectivity index (χ0v) is 16.1. The van der Waals surface area contributed by atoms with E-state index in [1.165, 1.54) is 5.56 Å². The Kier molecular flexibility index (Phi) is 4.29. The molecule has 2 heterocycles. The van der Waals surface area contributed by atoms with Gasteiger partial charge in [-0.25, -0.2) is 5.43 Å². The maximum atomic E-state index is 12.9. The number of benzene rings is 2. The number of carbonyl (C=O) groups is 2. The SMILES string of the molecule is O=C(c1ccc(C2NNc3ccccc32)cc1)N1CCN(C(=O)C2(O)CC2)CC1. The summed E-state index contributed by atoms with van der Waals surface area (Å²) >= 11 is 0. The van der Waals surface area contributed by atoms with Crippen molar-refractivity contribution in [3.8, 4) is 0 Å². The molecule has 1 atom stereocenters. The summed E-state index contributed by atoms with van der Waals surface area (Å²) in [6, 6.07) is 15.9. The van der Waals surface area contributed by atoms with Crippen molar-refractivity contribution in [2.24, 2.45) is 0 Å². The maximum Gasteiger partial charge on any atom is 0.254 e. The number of nitrogens with zero attached hydrogens (tertiary/aromatic N) is 2. The third-order valence-corrected chi connectivity index (χ3v) is 6.09. The van der Waals surface area contributed by atoms with Crippen molar-refractivity contribution in [1.29, 1.82) is 0 Å². The van der Waals surface area contributed by atoms with E-state index in [0.29, 0.717) is 44.6 Å². The second-order valence-electron chi connectivity index (χ2n) is 8.03. The average Bonchev–Trinajstić information content (AvgIpc) is 3.38. The molecule has 1 saturated carbocycles. The number of hydrogen-bond donors (Lipinski definition) is 3. The standard InChI is InChI=1S/C22H24N4O3/c27-20(25-11-13-26(14-12-25)21(28)22(29)9-10-22)16-7-5-15(6-8-16)19-17-3-1-2-4-18(17)23-24-19/h1-8,19,23-24,29H,9-14H2. The molecular weight excluding hydrogens is 368 g/mol. The number of fused-ring (bicyclic) bond motifs is 1. The third-order valence-electron chi connectivity index (χ3n) is 6.09. The van der Waals surface area contributed by atoms with E-state index in [2.05, 4.69) is 16.9 Å². The average molecular weight is 392 g/mol. The van der Waals surface area contributed by atoms with Crippen molar-refractivity contribution >= 4 is 17.5 Å². The van der Waals surface area contributed by atoms with Crippen LogP contribution in [0.5, 0.6) is 0 Å². The first kappa shape index (κ1) is 18.1. The Morgan fingerprint density at radius 2 is 1.59 bits per heavy atom. The molecule has 2 aromatic rings. The Balaban J connectivity index is 1.23. The lowest BCUT2D eigenvalue weighted by Gasteiger charge is -2.35.